The van der Waals surface area contributed by atoms with E-state index in [0.29, 0.717) is 12.1 Å². The van der Waals surface area contributed by atoms with Crippen molar-refractivity contribution in [1.29, 1.82) is 0 Å². The lowest BCUT2D eigenvalue weighted by Crippen LogP contribution is -2.46. The highest BCUT2D eigenvalue weighted by atomic mass is 16.5. The van der Waals surface area contributed by atoms with E-state index < -0.39 is 0 Å². The predicted molar refractivity (Wildman–Crippen MR) is 66.7 cm³/mol. The monoisotopic (exact) mass is 226 g/mol. The molecule has 2 saturated heterocycles. The van der Waals surface area contributed by atoms with Crippen LogP contribution in [0.3, 0.4) is 0 Å². The van der Waals surface area contributed by atoms with E-state index in [-0.39, 0.29) is 0 Å². The highest BCUT2D eigenvalue weighted by molar-refractivity contribution is 4.96. The molecule has 1 N–H and O–H groups in total. The van der Waals surface area contributed by atoms with Gasteiger partial charge in [0.05, 0.1) is 6.61 Å². The quantitative estimate of drug-likeness (QED) is 0.745. The fourth-order valence-corrected chi connectivity index (χ4v) is 3.34. The number of hydrogen-bond donors (Lipinski definition) is 1. The lowest BCUT2D eigenvalue weighted by molar-refractivity contribution is 0.151. The molecule has 0 spiro atoms. The van der Waals surface area contributed by atoms with Crippen LogP contribution in [-0.4, -0.2) is 49.8 Å². The summed E-state index contributed by atoms with van der Waals surface area (Å²) >= 11 is 0. The van der Waals surface area contributed by atoms with Gasteiger partial charge in [-0.1, -0.05) is 13.3 Å². The van der Waals surface area contributed by atoms with Crippen LogP contribution in [0.1, 0.15) is 39.0 Å². The molecule has 0 bridgehead atoms. The Bertz CT molecular complexity index is 204. The Morgan fingerprint density at radius 1 is 1.38 bits per heavy atom. The number of methoxy groups -OCH3 is 1. The van der Waals surface area contributed by atoms with Crippen LogP contribution in [0.15, 0.2) is 0 Å². The number of nitrogens with zero attached hydrogens (tertiary/aromatic N) is 1. The molecule has 94 valence electrons. The molecule has 0 radical (unpaired) electrons. The van der Waals surface area contributed by atoms with E-state index in [2.05, 4.69) is 17.1 Å². The Balaban J connectivity index is 1.82. The largest absolute Gasteiger partial charge is 0.383 e. The second kappa shape index (κ2) is 5.99. The third-order valence-electron chi connectivity index (χ3n) is 4.06. The molecule has 3 atom stereocenters. The van der Waals surface area contributed by atoms with Crippen molar-refractivity contribution in [1.82, 2.24) is 10.2 Å². The standard InChI is InChI=1S/C13H26N2O/c1-3-5-11(10-16-2)14-12-7-9-15-8-4-6-13(12)15/h11-14H,3-10H2,1-2H3. The van der Waals surface area contributed by atoms with Crippen LogP contribution >= 0.6 is 0 Å². The summed E-state index contributed by atoms with van der Waals surface area (Å²) in [5, 5.41) is 3.82. The Morgan fingerprint density at radius 3 is 3.00 bits per heavy atom. The lowest BCUT2D eigenvalue weighted by Gasteiger charge is -2.26. The molecular formula is C13H26N2O. The molecule has 0 aromatic rings. The van der Waals surface area contributed by atoms with Gasteiger partial charge in [0.15, 0.2) is 0 Å². The molecule has 2 heterocycles. The van der Waals surface area contributed by atoms with Crippen LogP contribution in [0.4, 0.5) is 0 Å². The minimum Gasteiger partial charge on any atom is -0.383 e. The van der Waals surface area contributed by atoms with E-state index >= 15 is 0 Å². The summed E-state index contributed by atoms with van der Waals surface area (Å²) in [6, 6.07) is 2.09. The number of fused-ring (bicyclic) bond motifs is 1. The number of nitrogens with one attached hydrogen (secondary N) is 1. The van der Waals surface area contributed by atoms with Gasteiger partial charge in [0, 0.05) is 31.8 Å². The predicted octanol–water partition coefficient (Wildman–Crippen LogP) is 1.63. The molecule has 3 heteroatoms. The SMILES string of the molecule is CCCC(COC)NC1CCN2CCCC12. The Kier molecular flexibility index (Phi) is 4.62. The highest BCUT2D eigenvalue weighted by Gasteiger charge is 2.37. The average molecular weight is 226 g/mol. The van der Waals surface area contributed by atoms with Gasteiger partial charge >= 0.3 is 0 Å². The van der Waals surface area contributed by atoms with Crippen LogP contribution in [0.25, 0.3) is 0 Å². The zero-order valence-corrected chi connectivity index (χ0v) is 10.7. The Labute approximate surface area is 99.5 Å². The van der Waals surface area contributed by atoms with Gasteiger partial charge in [-0.15, -0.1) is 0 Å². The normalized spacial score (nSPS) is 31.9. The van der Waals surface area contributed by atoms with E-state index in [0.717, 1.165) is 12.6 Å². The van der Waals surface area contributed by atoms with E-state index in [1.165, 1.54) is 45.2 Å². The van der Waals surface area contributed by atoms with Crippen molar-refractivity contribution < 1.29 is 4.74 Å². The third-order valence-corrected chi connectivity index (χ3v) is 4.06. The van der Waals surface area contributed by atoms with Crippen LogP contribution in [0.2, 0.25) is 0 Å². The highest BCUT2D eigenvalue weighted by Crippen LogP contribution is 2.28. The molecule has 2 fully saturated rings. The number of hydrogen-bond acceptors (Lipinski definition) is 3. The molecule has 0 aromatic heterocycles. The molecule has 0 aliphatic carbocycles. The Hall–Kier alpha value is -0.120. The van der Waals surface area contributed by atoms with Gasteiger partial charge in [-0.2, -0.15) is 0 Å². The minimum absolute atomic E-state index is 0.556. The molecule has 0 saturated carbocycles. The second-order valence-electron chi connectivity index (χ2n) is 5.25. The van der Waals surface area contributed by atoms with E-state index in [1.807, 2.05) is 0 Å². The lowest BCUT2D eigenvalue weighted by atomic mass is 10.0. The van der Waals surface area contributed by atoms with E-state index in [1.54, 1.807) is 7.11 Å². The first-order valence-electron chi connectivity index (χ1n) is 6.84. The maximum atomic E-state index is 5.30. The van der Waals surface area contributed by atoms with Crippen molar-refractivity contribution in [3.05, 3.63) is 0 Å². The van der Waals surface area contributed by atoms with Gasteiger partial charge in [-0.3, -0.25) is 4.90 Å². The van der Waals surface area contributed by atoms with Gasteiger partial charge < -0.3 is 10.1 Å². The van der Waals surface area contributed by atoms with Crippen molar-refractivity contribution in [2.75, 3.05) is 26.8 Å². The first-order valence-corrected chi connectivity index (χ1v) is 6.84. The fraction of sp³-hybridized carbons (Fsp3) is 1.00. The van der Waals surface area contributed by atoms with Gasteiger partial charge in [-0.25, -0.2) is 0 Å². The summed E-state index contributed by atoms with van der Waals surface area (Å²) in [4.78, 5) is 2.66. The molecule has 3 unspecified atom stereocenters. The van der Waals surface area contributed by atoms with Crippen LogP contribution < -0.4 is 5.32 Å². The maximum absolute atomic E-state index is 5.30. The summed E-state index contributed by atoms with van der Waals surface area (Å²) in [7, 11) is 1.81. The number of rotatable bonds is 6. The summed E-state index contributed by atoms with van der Waals surface area (Å²) < 4.78 is 5.30. The summed E-state index contributed by atoms with van der Waals surface area (Å²) in [6.45, 7) is 5.73. The Morgan fingerprint density at radius 2 is 2.25 bits per heavy atom. The van der Waals surface area contributed by atoms with Gasteiger partial charge in [0.25, 0.3) is 0 Å². The zero-order chi connectivity index (χ0) is 11.4. The summed E-state index contributed by atoms with van der Waals surface area (Å²) in [5.74, 6) is 0. The van der Waals surface area contributed by atoms with Gasteiger partial charge in [0.2, 0.25) is 0 Å². The van der Waals surface area contributed by atoms with Crippen LogP contribution in [0.5, 0.6) is 0 Å². The van der Waals surface area contributed by atoms with E-state index in [9.17, 15) is 0 Å². The maximum Gasteiger partial charge on any atom is 0.0615 e. The fourth-order valence-electron chi connectivity index (χ4n) is 3.34. The molecule has 3 nitrogen and oxygen atoms in total. The van der Waals surface area contributed by atoms with E-state index in [4.69, 9.17) is 4.74 Å². The summed E-state index contributed by atoms with van der Waals surface area (Å²) in [6.07, 6.45) is 6.59. The first kappa shape index (κ1) is 12.3. The smallest absolute Gasteiger partial charge is 0.0615 e. The van der Waals surface area contributed by atoms with Crippen molar-refractivity contribution >= 4 is 0 Å². The molecule has 2 rings (SSSR count). The van der Waals surface area contributed by atoms with Crippen molar-refractivity contribution in [3.8, 4) is 0 Å². The minimum atomic E-state index is 0.556. The van der Waals surface area contributed by atoms with Crippen LogP contribution in [0, 0.1) is 0 Å². The summed E-state index contributed by atoms with van der Waals surface area (Å²) in [5.41, 5.74) is 0. The number of ether oxygens (including phenoxy) is 1. The molecule has 16 heavy (non-hydrogen) atoms. The molecule has 2 aliphatic heterocycles. The molecule has 2 aliphatic rings. The third kappa shape index (κ3) is 2.76. The average Bonchev–Trinajstić information content (AvgIpc) is 2.83. The van der Waals surface area contributed by atoms with Crippen molar-refractivity contribution in [2.45, 2.75) is 57.2 Å². The molecule has 0 amide bonds. The first-order chi connectivity index (χ1) is 7.85. The van der Waals surface area contributed by atoms with Gasteiger partial charge in [-0.05, 0) is 32.2 Å². The van der Waals surface area contributed by atoms with Gasteiger partial charge in [0.1, 0.15) is 0 Å². The van der Waals surface area contributed by atoms with Crippen molar-refractivity contribution in [3.63, 3.8) is 0 Å². The molecular weight excluding hydrogens is 200 g/mol. The van der Waals surface area contributed by atoms with Crippen molar-refractivity contribution in [2.24, 2.45) is 0 Å². The zero-order valence-electron chi connectivity index (χ0n) is 10.7. The topological polar surface area (TPSA) is 24.5 Å². The van der Waals surface area contributed by atoms with Crippen LogP contribution in [-0.2, 0) is 4.74 Å². The molecule has 0 aromatic carbocycles. The second-order valence-corrected chi connectivity index (χ2v) is 5.25.